The number of hydrogen-bond acceptors (Lipinski definition) is 9. The molecule has 0 saturated heterocycles. The van der Waals surface area contributed by atoms with Crippen LogP contribution in [0.3, 0.4) is 0 Å². The smallest absolute Gasteiger partial charge is 0.433 e. The quantitative estimate of drug-likeness (QED) is 0.0935. The number of carbonyl (C=O) groups excluding carboxylic acids is 3. The van der Waals surface area contributed by atoms with Crippen molar-refractivity contribution in [3.8, 4) is 0 Å². The van der Waals surface area contributed by atoms with Gasteiger partial charge in [-0.2, -0.15) is 26.3 Å². The van der Waals surface area contributed by atoms with Crippen molar-refractivity contribution < 1.29 is 50.6 Å². The predicted molar refractivity (Wildman–Crippen MR) is 209 cm³/mol. The number of anilines is 2. The first-order valence-electron chi connectivity index (χ1n) is 16.7. The SMILES string of the molecule is N.NC(=O)c1sc2c(NC(=O)Cc3ccc4ccccc4c3)ncn2c1C(F)(F)F.O=C(Cc1ccc2ccccc2c1)Nc1ncn2c(C(F)(F)F)c(C(=O)O)sc12. The van der Waals surface area contributed by atoms with E-state index in [-0.39, 0.29) is 40.3 Å². The zero-order valence-corrected chi connectivity index (χ0v) is 31.5. The van der Waals surface area contributed by atoms with Crippen LogP contribution in [0.25, 0.3) is 31.2 Å². The molecule has 8 N–H and O–H groups in total. The van der Waals surface area contributed by atoms with Gasteiger partial charge in [0.15, 0.2) is 23.0 Å². The van der Waals surface area contributed by atoms with Crippen LogP contribution >= 0.6 is 22.7 Å². The second kappa shape index (κ2) is 16.2. The van der Waals surface area contributed by atoms with E-state index in [1.54, 1.807) is 6.07 Å². The van der Waals surface area contributed by atoms with Gasteiger partial charge in [0.25, 0.3) is 5.91 Å². The van der Waals surface area contributed by atoms with Gasteiger partial charge in [-0.25, -0.2) is 14.8 Å². The van der Waals surface area contributed by atoms with Crippen molar-refractivity contribution in [2.75, 3.05) is 10.6 Å². The summed E-state index contributed by atoms with van der Waals surface area (Å²) < 4.78 is 81.1. The van der Waals surface area contributed by atoms with E-state index in [1.807, 2.05) is 78.9 Å². The van der Waals surface area contributed by atoms with Crippen LogP contribution in [0.2, 0.25) is 0 Å². The van der Waals surface area contributed by atoms with Crippen LogP contribution in [-0.2, 0) is 34.8 Å². The third kappa shape index (κ3) is 8.71. The number of amides is 3. The van der Waals surface area contributed by atoms with E-state index in [2.05, 4.69) is 20.6 Å². The maximum Gasteiger partial charge on any atom is 0.433 e. The lowest BCUT2D eigenvalue weighted by Gasteiger charge is -2.06. The molecular weight excluding hydrogens is 827 g/mol. The number of carboxylic acid groups (broad SMARTS) is 1. The summed E-state index contributed by atoms with van der Waals surface area (Å²) in [6.45, 7) is 0. The Balaban J connectivity index is 0.000000195. The number of fused-ring (bicyclic) bond motifs is 4. The normalized spacial score (nSPS) is 11.6. The van der Waals surface area contributed by atoms with Gasteiger partial charge in [-0.1, -0.05) is 84.9 Å². The minimum atomic E-state index is -4.88. The highest BCUT2D eigenvalue weighted by molar-refractivity contribution is 7.20. The van der Waals surface area contributed by atoms with Crippen molar-refractivity contribution in [3.63, 3.8) is 0 Å². The summed E-state index contributed by atoms with van der Waals surface area (Å²) >= 11 is 0.942. The van der Waals surface area contributed by atoms with Gasteiger partial charge in [0.1, 0.15) is 32.1 Å². The van der Waals surface area contributed by atoms with Gasteiger partial charge in [0, 0.05) is 0 Å². The molecule has 0 aliphatic carbocycles. The van der Waals surface area contributed by atoms with Gasteiger partial charge in [-0.3, -0.25) is 23.2 Å². The molecule has 4 aromatic carbocycles. The second-order valence-electron chi connectivity index (χ2n) is 12.6. The number of carboxylic acids is 1. The molecule has 0 spiro atoms. The van der Waals surface area contributed by atoms with Crippen LogP contribution in [-0.4, -0.2) is 47.6 Å². The number of aromatic carboxylic acids is 1. The number of aromatic nitrogens is 4. The first kappa shape index (κ1) is 41.8. The molecule has 59 heavy (non-hydrogen) atoms. The van der Waals surface area contributed by atoms with E-state index in [0.717, 1.165) is 49.7 Å². The van der Waals surface area contributed by atoms with Crippen molar-refractivity contribution in [2.24, 2.45) is 5.73 Å². The highest BCUT2D eigenvalue weighted by Gasteiger charge is 2.42. The van der Waals surface area contributed by atoms with Crippen LogP contribution in [0.4, 0.5) is 38.0 Å². The standard InChI is InChI=1S/C19H13F3N4O2S.C19H12F3N3O3S.H3N/c20-19(21,22)15-14(16(23)28)29-18-17(24-9-26(15)18)25-13(27)8-10-5-6-11-3-1-2-4-12(11)7-10;20-19(21,22)15-14(18(27)28)29-17-16(23-9-25(15)17)24-13(26)8-10-5-6-11-3-1-2-4-12(11)7-10;/h1-7,9H,8H2,(H2,23,28)(H,25,27);1-7,9H,8H2,(H,24,26)(H,27,28);1H3. The van der Waals surface area contributed by atoms with E-state index in [9.17, 15) is 45.5 Å². The van der Waals surface area contributed by atoms with Crippen LogP contribution in [0.5, 0.6) is 0 Å². The summed E-state index contributed by atoms with van der Waals surface area (Å²) in [6, 6.07) is 26.4. The average molecular weight is 855 g/mol. The minimum absolute atomic E-state index is 0. The molecule has 3 amide bonds. The fourth-order valence-electron chi connectivity index (χ4n) is 6.13. The fourth-order valence-corrected chi connectivity index (χ4v) is 8.20. The molecule has 0 atom stereocenters. The Kier molecular flexibility index (Phi) is 11.5. The summed E-state index contributed by atoms with van der Waals surface area (Å²) in [5.41, 5.74) is 4.03. The number of hydrogen-bond donors (Lipinski definition) is 5. The minimum Gasteiger partial charge on any atom is -0.477 e. The van der Waals surface area contributed by atoms with Gasteiger partial charge in [0.05, 0.1) is 12.8 Å². The molecule has 21 heteroatoms. The maximum absolute atomic E-state index is 13.3. The third-order valence-corrected chi connectivity index (χ3v) is 10.9. The van der Waals surface area contributed by atoms with Crippen molar-refractivity contribution in [3.05, 3.63) is 130 Å². The van der Waals surface area contributed by atoms with Crippen molar-refractivity contribution >= 4 is 89.2 Å². The fraction of sp³-hybridized carbons (Fsp3) is 0.105. The molecule has 8 rings (SSSR count). The number of thiazole rings is 2. The highest BCUT2D eigenvalue weighted by Crippen LogP contribution is 2.40. The van der Waals surface area contributed by atoms with Gasteiger partial charge in [-0.05, 0) is 32.7 Å². The number of primary amides is 1. The molecule has 4 aromatic heterocycles. The van der Waals surface area contributed by atoms with Gasteiger partial charge in [-0.15, -0.1) is 22.7 Å². The Morgan fingerprint density at radius 2 is 1.02 bits per heavy atom. The van der Waals surface area contributed by atoms with Crippen molar-refractivity contribution in [1.29, 1.82) is 0 Å². The summed E-state index contributed by atoms with van der Waals surface area (Å²) in [4.78, 5) is 53.5. The molecule has 0 saturated carbocycles. The lowest BCUT2D eigenvalue weighted by atomic mass is 10.1. The van der Waals surface area contributed by atoms with Crippen LogP contribution < -0.4 is 22.5 Å². The number of rotatable bonds is 8. The van der Waals surface area contributed by atoms with Crippen LogP contribution in [0, 0.1) is 0 Å². The summed E-state index contributed by atoms with van der Waals surface area (Å²) in [7, 11) is 0. The highest BCUT2D eigenvalue weighted by atomic mass is 32.1. The molecule has 0 bridgehead atoms. The van der Waals surface area contributed by atoms with Crippen LogP contribution in [0.1, 0.15) is 41.9 Å². The second-order valence-corrected chi connectivity index (χ2v) is 14.6. The molecule has 0 radical (unpaired) electrons. The number of nitrogens with one attached hydrogen (secondary N) is 2. The molecule has 0 aliphatic heterocycles. The predicted octanol–water partition coefficient (Wildman–Crippen LogP) is 8.46. The van der Waals surface area contributed by atoms with Crippen LogP contribution in [0.15, 0.2) is 97.6 Å². The van der Waals surface area contributed by atoms with Gasteiger partial charge < -0.3 is 27.6 Å². The number of carbonyl (C=O) groups is 4. The van der Waals surface area contributed by atoms with E-state index in [4.69, 9.17) is 10.8 Å². The van der Waals surface area contributed by atoms with Gasteiger partial charge >= 0.3 is 18.3 Å². The third-order valence-electron chi connectivity index (χ3n) is 8.58. The van der Waals surface area contributed by atoms with Crippen molar-refractivity contribution in [2.45, 2.75) is 25.2 Å². The largest absolute Gasteiger partial charge is 0.477 e. The van der Waals surface area contributed by atoms with E-state index in [1.165, 1.54) is 0 Å². The average Bonchev–Trinajstić information content (AvgIpc) is 3.93. The lowest BCUT2D eigenvalue weighted by molar-refractivity contribution is -0.142. The molecule has 0 unspecified atom stereocenters. The number of halogens is 6. The lowest BCUT2D eigenvalue weighted by Crippen LogP contribution is -2.18. The number of nitrogens with zero attached hydrogens (tertiary/aromatic N) is 4. The monoisotopic (exact) mass is 854 g/mol. The number of alkyl halides is 6. The zero-order valence-electron chi connectivity index (χ0n) is 29.9. The Labute approximate surface area is 335 Å². The molecular formula is C38H28F6N8O5S2. The Morgan fingerprint density at radius 3 is 1.41 bits per heavy atom. The molecule has 4 heterocycles. The Hall–Kier alpha value is -6.84. The van der Waals surface area contributed by atoms with Crippen molar-refractivity contribution in [1.82, 2.24) is 24.9 Å². The van der Waals surface area contributed by atoms with E-state index >= 15 is 0 Å². The molecule has 304 valence electrons. The number of benzene rings is 4. The first-order chi connectivity index (χ1) is 27.5. The van der Waals surface area contributed by atoms with E-state index < -0.39 is 57.2 Å². The summed E-state index contributed by atoms with van der Waals surface area (Å²) in [6.07, 6.45) is -7.90. The molecule has 0 aliphatic rings. The molecule has 0 fully saturated rings. The Bertz CT molecular complexity index is 2720. The molecule has 8 aromatic rings. The van der Waals surface area contributed by atoms with Gasteiger partial charge in [0.2, 0.25) is 11.8 Å². The summed E-state index contributed by atoms with van der Waals surface area (Å²) in [5.74, 6) is -3.97. The topological polar surface area (TPSA) is 208 Å². The summed E-state index contributed by atoms with van der Waals surface area (Å²) in [5, 5.41) is 18.1. The molecule has 13 nitrogen and oxygen atoms in total. The Morgan fingerprint density at radius 1 is 0.627 bits per heavy atom. The first-order valence-corrected chi connectivity index (χ1v) is 18.3. The number of imidazole rings is 2. The maximum atomic E-state index is 13.3. The zero-order chi connectivity index (χ0) is 41.5. The number of nitrogens with two attached hydrogens (primary N) is 1. The van der Waals surface area contributed by atoms with E-state index in [0.29, 0.717) is 27.1 Å².